The Labute approximate surface area is 132 Å². The third-order valence-corrected chi connectivity index (χ3v) is 6.35. The van der Waals surface area contributed by atoms with Crippen molar-refractivity contribution in [2.45, 2.75) is 78.6 Å². The van der Waals surface area contributed by atoms with Crippen LogP contribution in [0, 0.1) is 16.7 Å². The van der Waals surface area contributed by atoms with Crippen LogP contribution in [0.15, 0.2) is 0 Å². The van der Waals surface area contributed by atoms with Gasteiger partial charge in [-0.25, -0.2) is 0 Å². The van der Waals surface area contributed by atoms with Gasteiger partial charge in [-0.05, 0) is 87.9 Å². The average molecular weight is 295 g/mol. The molecule has 124 valence electrons. The lowest BCUT2D eigenvalue weighted by Crippen LogP contribution is -2.39. The first-order valence-electron chi connectivity index (χ1n) is 9.38. The summed E-state index contributed by atoms with van der Waals surface area (Å²) in [5, 5.41) is 0. The Hall–Kier alpha value is -0.0800. The van der Waals surface area contributed by atoms with E-state index in [0.717, 1.165) is 17.9 Å². The maximum absolute atomic E-state index is 5.80. The second kappa shape index (κ2) is 7.46. The monoisotopic (exact) mass is 294 g/mol. The van der Waals surface area contributed by atoms with Gasteiger partial charge in [-0.3, -0.25) is 0 Å². The van der Waals surface area contributed by atoms with Gasteiger partial charge in [0.25, 0.3) is 0 Å². The minimum atomic E-state index is 0.412. The van der Waals surface area contributed by atoms with Crippen molar-refractivity contribution in [2.24, 2.45) is 22.5 Å². The number of hydrogen-bond acceptors (Lipinski definition) is 2. The van der Waals surface area contributed by atoms with Crippen molar-refractivity contribution < 1.29 is 0 Å². The molecule has 2 heteroatoms. The fraction of sp³-hybridized carbons (Fsp3) is 1.00. The van der Waals surface area contributed by atoms with Crippen molar-refractivity contribution in [1.82, 2.24) is 4.90 Å². The summed E-state index contributed by atoms with van der Waals surface area (Å²) in [5.41, 5.74) is 6.98. The second-order valence-electron chi connectivity index (χ2n) is 8.83. The molecule has 1 aliphatic heterocycles. The van der Waals surface area contributed by atoms with Crippen LogP contribution >= 0.6 is 0 Å². The predicted octanol–water partition coefficient (Wildman–Crippen LogP) is 4.43. The van der Waals surface area contributed by atoms with Crippen molar-refractivity contribution in [3.8, 4) is 0 Å². The first-order chi connectivity index (χ1) is 9.95. The van der Waals surface area contributed by atoms with Crippen LogP contribution in [0.2, 0.25) is 0 Å². The quantitative estimate of drug-likeness (QED) is 0.785. The van der Waals surface area contributed by atoms with Crippen LogP contribution in [0.5, 0.6) is 0 Å². The maximum atomic E-state index is 5.80. The van der Waals surface area contributed by atoms with Gasteiger partial charge in [0, 0.05) is 0 Å². The molecule has 1 saturated heterocycles. The normalized spacial score (nSPS) is 24.6. The zero-order valence-electron chi connectivity index (χ0n) is 14.8. The number of hydrogen-bond donors (Lipinski definition) is 1. The highest BCUT2D eigenvalue weighted by atomic mass is 15.1. The molecule has 0 bridgehead atoms. The molecule has 0 radical (unpaired) electrons. The van der Waals surface area contributed by atoms with Crippen LogP contribution in [0.25, 0.3) is 0 Å². The van der Waals surface area contributed by atoms with Crippen molar-refractivity contribution in [1.29, 1.82) is 0 Å². The first kappa shape index (κ1) is 17.3. The molecule has 2 fully saturated rings. The van der Waals surface area contributed by atoms with Gasteiger partial charge in [-0.1, -0.05) is 33.6 Å². The maximum Gasteiger partial charge on any atom is -0.00134 e. The van der Waals surface area contributed by atoms with E-state index in [1.54, 1.807) is 0 Å². The highest BCUT2D eigenvalue weighted by molar-refractivity contribution is 4.89. The highest BCUT2D eigenvalue weighted by Crippen LogP contribution is 2.46. The van der Waals surface area contributed by atoms with E-state index in [0.29, 0.717) is 5.41 Å². The Morgan fingerprint density at radius 1 is 1.00 bits per heavy atom. The molecular formula is C19H38N2. The number of piperidine rings is 1. The lowest BCUT2D eigenvalue weighted by molar-refractivity contribution is 0.103. The summed E-state index contributed by atoms with van der Waals surface area (Å²) in [6, 6.07) is 0. The zero-order chi connectivity index (χ0) is 15.3. The topological polar surface area (TPSA) is 29.3 Å². The molecule has 1 aliphatic carbocycles. The molecule has 1 unspecified atom stereocenters. The van der Waals surface area contributed by atoms with E-state index in [-0.39, 0.29) is 0 Å². The molecular weight excluding hydrogens is 256 g/mol. The van der Waals surface area contributed by atoms with Crippen molar-refractivity contribution >= 4 is 0 Å². The van der Waals surface area contributed by atoms with Gasteiger partial charge < -0.3 is 10.6 Å². The molecule has 2 N–H and O–H groups in total. The van der Waals surface area contributed by atoms with Gasteiger partial charge >= 0.3 is 0 Å². The summed E-state index contributed by atoms with van der Waals surface area (Å²) in [4.78, 5) is 2.73. The molecule has 1 spiro atoms. The third-order valence-electron chi connectivity index (χ3n) is 6.35. The van der Waals surface area contributed by atoms with E-state index in [1.165, 1.54) is 77.4 Å². The van der Waals surface area contributed by atoms with Gasteiger partial charge in [-0.2, -0.15) is 0 Å². The Morgan fingerprint density at radius 2 is 1.62 bits per heavy atom. The summed E-state index contributed by atoms with van der Waals surface area (Å²) in [6.45, 7) is 12.0. The molecule has 2 nitrogen and oxygen atoms in total. The van der Waals surface area contributed by atoms with Gasteiger partial charge in [-0.15, -0.1) is 0 Å². The van der Waals surface area contributed by atoms with Crippen LogP contribution in [0.4, 0.5) is 0 Å². The summed E-state index contributed by atoms with van der Waals surface area (Å²) in [5.74, 6) is 0.786. The molecule has 0 amide bonds. The van der Waals surface area contributed by atoms with E-state index in [9.17, 15) is 0 Å². The van der Waals surface area contributed by atoms with Crippen LogP contribution in [0.1, 0.15) is 78.6 Å². The van der Waals surface area contributed by atoms with Crippen molar-refractivity contribution in [3.05, 3.63) is 0 Å². The fourth-order valence-corrected chi connectivity index (χ4v) is 4.65. The minimum absolute atomic E-state index is 0.412. The molecule has 0 aromatic heterocycles. The number of rotatable bonds is 6. The molecule has 21 heavy (non-hydrogen) atoms. The Bertz CT molecular complexity index is 289. The van der Waals surface area contributed by atoms with Gasteiger partial charge in [0.2, 0.25) is 0 Å². The van der Waals surface area contributed by atoms with Gasteiger partial charge in [0.05, 0.1) is 0 Å². The van der Waals surface area contributed by atoms with Crippen molar-refractivity contribution in [2.75, 3.05) is 26.2 Å². The Balaban J connectivity index is 1.67. The lowest BCUT2D eigenvalue weighted by atomic mass is 9.75. The van der Waals surface area contributed by atoms with E-state index in [2.05, 4.69) is 25.7 Å². The molecule has 0 aromatic rings. The molecule has 2 aliphatic rings. The van der Waals surface area contributed by atoms with Gasteiger partial charge in [0.1, 0.15) is 0 Å². The molecule has 1 saturated carbocycles. The Morgan fingerprint density at radius 3 is 2.14 bits per heavy atom. The summed E-state index contributed by atoms with van der Waals surface area (Å²) >= 11 is 0. The minimum Gasteiger partial charge on any atom is -0.330 e. The average Bonchev–Trinajstić information content (AvgIpc) is 2.87. The van der Waals surface area contributed by atoms with E-state index >= 15 is 0 Å². The first-order valence-corrected chi connectivity index (χ1v) is 9.38. The Kier molecular flexibility index (Phi) is 6.14. The molecule has 1 heterocycles. The number of nitrogens with zero attached hydrogens (tertiary/aromatic N) is 1. The summed E-state index contributed by atoms with van der Waals surface area (Å²) < 4.78 is 0. The van der Waals surface area contributed by atoms with Crippen LogP contribution < -0.4 is 5.73 Å². The summed E-state index contributed by atoms with van der Waals surface area (Å²) in [7, 11) is 0. The third kappa shape index (κ3) is 4.96. The zero-order valence-corrected chi connectivity index (χ0v) is 14.8. The van der Waals surface area contributed by atoms with Crippen LogP contribution in [-0.2, 0) is 0 Å². The largest absolute Gasteiger partial charge is 0.330 e. The highest BCUT2D eigenvalue weighted by Gasteiger charge is 2.36. The van der Waals surface area contributed by atoms with E-state index < -0.39 is 0 Å². The number of likely N-dealkylation sites (tertiary alicyclic amines) is 1. The second-order valence-corrected chi connectivity index (χ2v) is 8.83. The number of nitrogens with two attached hydrogens (primary N) is 1. The molecule has 0 aromatic carbocycles. The van der Waals surface area contributed by atoms with Gasteiger partial charge in [0.15, 0.2) is 0 Å². The SMILES string of the molecule is CC(C)(C)C(CCN)CCCN1CCC2(CCCC2)CC1. The molecule has 1 atom stereocenters. The van der Waals surface area contributed by atoms with E-state index in [4.69, 9.17) is 5.73 Å². The van der Waals surface area contributed by atoms with Crippen LogP contribution in [0.3, 0.4) is 0 Å². The predicted molar refractivity (Wildman–Crippen MR) is 92.4 cm³/mol. The van der Waals surface area contributed by atoms with Crippen molar-refractivity contribution in [3.63, 3.8) is 0 Å². The summed E-state index contributed by atoms with van der Waals surface area (Å²) in [6.07, 6.45) is 12.9. The van der Waals surface area contributed by atoms with E-state index in [1.807, 2.05) is 0 Å². The molecule has 2 rings (SSSR count). The van der Waals surface area contributed by atoms with Crippen LogP contribution in [-0.4, -0.2) is 31.1 Å². The standard InChI is InChI=1S/C19H38N2/c1-18(2,3)17(8-13-20)7-6-14-21-15-11-19(12-16-21)9-4-5-10-19/h17H,4-16,20H2,1-3H3. The lowest BCUT2D eigenvalue weighted by Gasteiger charge is -2.40. The smallest absolute Gasteiger partial charge is 0.00134 e. The fourth-order valence-electron chi connectivity index (χ4n) is 4.65.